The van der Waals surface area contributed by atoms with Gasteiger partial charge >= 0.3 is 0 Å². The molecule has 1 saturated heterocycles. The molecule has 60 valence electrons. The summed E-state index contributed by atoms with van der Waals surface area (Å²) in [5, 5.41) is 3.61. The molecule has 4 nitrogen and oxygen atoms in total. The Balaban J connectivity index is 2.21. The molecule has 11 heavy (non-hydrogen) atoms. The van der Waals surface area contributed by atoms with Crippen molar-refractivity contribution in [3.05, 3.63) is 11.8 Å². The van der Waals surface area contributed by atoms with Crippen LogP contribution >= 0.6 is 0 Å². The molecular formula is C7H10N2O2. The number of rotatable bonds is 1. The summed E-state index contributed by atoms with van der Waals surface area (Å²) in [6.45, 7) is 1.56. The summed E-state index contributed by atoms with van der Waals surface area (Å²) in [4.78, 5) is 0. The summed E-state index contributed by atoms with van der Waals surface area (Å²) in [6.07, 6.45) is 2.63. The topological polar surface area (TPSA) is 61.3 Å². The van der Waals surface area contributed by atoms with E-state index in [9.17, 15) is 0 Å². The predicted molar refractivity (Wildman–Crippen MR) is 39.1 cm³/mol. The summed E-state index contributed by atoms with van der Waals surface area (Å²) < 4.78 is 9.94. The number of nitrogens with two attached hydrogens (primary N) is 1. The quantitative estimate of drug-likeness (QED) is 0.648. The molecule has 0 aliphatic carbocycles. The Morgan fingerprint density at radius 2 is 2.55 bits per heavy atom. The Labute approximate surface area is 64.3 Å². The van der Waals surface area contributed by atoms with Gasteiger partial charge in [-0.15, -0.1) is 0 Å². The van der Waals surface area contributed by atoms with Crippen molar-refractivity contribution in [2.75, 3.05) is 18.9 Å². The van der Waals surface area contributed by atoms with Crippen molar-refractivity contribution in [1.82, 2.24) is 5.16 Å². The molecule has 1 aliphatic rings. The molecular weight excluding hydrogens is 144 g/mol. The lowest BCUT2D eigenvalue weighted by molar-refractivity contribution is 0.194. The maximum absolute atomic E-state index is 5.56. The van der Waals surface area contributed by atoms with Gasteiger partial charge in [0.2, 0.25) is 0 Å². The summed E-state index contributed by atoms with van der Waals surface area (Å²) in [7, 11) is 0. The molecule has 2 N–H and O–H groups in total. The van der Waals surface area contributed by atoms with Crippen LogP contribution in [0.3, 0.4) is 0 Å². The second kappa shape index (κ2) is 2.54. The molecule has 1 aromatic heterocycles. The molecule has 0 radical (unpaired) electrons. The molecule has 2 heterocycles. The molecule has 2 rings (SSSR count). The highest BCUT2D eigenvalue weighted by molar-refractivity contribution is 5.38. The average molecular weight is 154 g/mol. The lowest BCUT2D eigenvalue weighted by Crippen LogP contribution is -1.99. The van der Waals surface area contributed by atoms with Gasteiger partial charge < -0.3 is 15.0 Å². The van der Waals surface area contributed by atoms with Crippen LogP contribution in [-0.4, -0.2) is 18.4 Å². The minimum absolute atomic E-state index is 0.390. The van der Waals surface area contributed by atoms with Gasteiger partial charge in [0, 0.05) is 18.1 Å². The van der Waals surface area contributed by atoms with Crippen molar-refractivity contribution in [3.63, 3.8) is 0 Å². The number of aromatic nitrogens is 1. The lowest BCUT2D eigenvalue weighted by Gasteiger charge is -2.01. The zero-order chi connectivity index (χ0) is 7.68. The van der Waals surface area contributed by atoms with Crippen molar-refractivity contribution in [2.24, 2.45) is 0 Å². The SMILES string of the molecule is Nc1nocc1C1CCOC1. The van der Waals surface area contributed by atoms with Crippen LogP contribution in [0, 0.1) is 0 Å². The van der Waals surface area contributed by atoms with E-state index in [0.29, 0.717) is 11.7 Å². The smallest absolute Gasteiger partial charge is 0.170 e. The number of hydrogen-bond donors (Lipinski definition) is 1. The van der Waals surface area contributed by atoms with Gasteiger partial charge in [-0.05, 0) is 6.42 Å². The Morgan fingerprint density at radius 1 is 1.64 bits per heavy atom. The highest BCUT2D eigenvalue weighted by Gasteiger charge is 2.21. The highest BCUT2D eigenvalue weighted by Crippen LogP contribution is 2.28. The maximum Gasteiger partial charge on any atom is 0.170 e. The van der Waals surface area contributed by atoms with Crippen molar-refractivity contribution in [2.45, 2.75) is 12.3 Å². The van der Waals surface area contributed by atoms with Gasteiger partial charge in [-0.2, -0.15) is 0 Å². The van der Waals surface area contributed by atoms with Gasteiger partial charge in [0.15, 0.2) is 5.82 Å². The fourth-order valence-corrected chi connectivity index (χ4v) is 1.34. The molecule has 0 bridgehead atoms. The highest BCUT2D eigenvalue weighted by atomic mass is 16.5. The van der Waals surface area contributed by atoms with E-state index in [-0.39, 0.29) is 0 Å². The third kappa shape index (κ3) is 1.09. The van der Waals surface area contributed by atoms with Gasteiger partial charge in [0.25, 0.3) is 0 Å². The first-order chi connectivity index (χ1) is 5.38. The molecule has 1 aromatic rings. The number of nitrogens with zero attached hydrogens (tertiary/aromatic N) is 1. The van der Waals surface area contributed by atoms with Gasteiger partial charge in [0.05, 0.1) is 6.61 Å². The van der Waals surface area contributed by atoms with Crippen LogP contribution in [0.25, 0.3) is 0 Å². The summed E-state index contributed by atoms with van der Waals surface area (Å²) >= 11 is 0. The molecule has 0 amide bonds. The first-order valence-electron chi connectivity index (χ1n) is 3.65. The van der Waals surface area contributed by atoms with Crippen LogP contribution in [-0.2, 0) is 4.74 Å². The van der Waals surface area contributed by atoms with E-state index in [4.69, 9.17) is 15.0 Å². The Bertz CT molecular complexity index is 240. The van der Waals surface area contributed by atoms with Gasteiger partial charge in [0.1, 0.15) is 6.26 Å². The molecule has 0 spiro atoms. The molecule has 1 aliphatic heterocycles. The molecule has 1 unspecified atom stereocenters. The van der Waals surface area contributed by atoms with Crippen molar-refractivity contribution in [1.29, 1.82) is 0 Å². The molecule has 1 fully saturated rings. The lowest BCUT2D eigenvalue weighted by atomic mass is 10.0. The van der Waals surface area contributed by atoms with E-state index < -0.39 is 0 Å². The maximum atomic E-state index is 5.56. The summed E-state index contributed by atoms with van der Waals surface area (Å²) in [6, 6.07) is 0. The zero-order valence-corrected chi connectivity index (χ0v) is 6.12. The van der Waals surface area contributed by atoms with Crippen LogP contribution in [0.15, 0.2) is 10.8 Å². The van der Waals surface area contributed by atoms with Crippen molar-refractivity contribution >= 4 is 5.82 Å². The van der Waals surface area contributed by atoms with Crippen LogP contribution in [0.1, 0.15) is 17.9 Å². The molecule has 1 atom stereocenters. The van der Waals surface area contributed by atoms with Crippen molar-refractivity contribution < 1.29 is 9.26 Å². The largest absolute Gasteiger partial charge is 0.381 e. The molecule has 0 saturated carbocycles. The number of ether oxygens (including phenoxy) is 1. The van der Waals surface area contributed by atoms with E-state index in [2.05, 4.69) is 5.16 Å². The second-order valence-corrected chi connectivity index (χ2v) is 2.72. The third-order valence-electron chi connectivity index (χ3n) is 2.00. The normalized spacial score (nSPS) is 24.2. The van der Waals surface area contributed by atoms with Gasteiger partial charge in [-0.25, -0.2) is 0 Å². The van der Waals surface area contributed by atoms with E-state index >= 15 is 0 Å². The molecule has 0 aromatic carbocycles. The van der Waals surface area contributed by atoms with E-state index in [1.165, 1.54) is 0 Å². The standard InChI is InChI=1S/C7H10N2O2/c8-7-6(4-11-9-7)5-1-2-10-3-5/h4-5H,1-3H2,(H2,8,9). The van der Waals surface area contributed by atoms with E-state index in [0.717, 1.165) is 25.2 Å². The van der Waals surface area contributed by atoms with Crippen LogP contribution in [0.2, 0.25) is 0 Å². The predicted octanol–water partition coefficient (Wildman–Crippen LogP) is 0.761. The summed E-state index contributed by atoms with van der Waals surface area (Å²) in [5.74, 6) is 0.891. The monoisotopic (exact) mass is 154 g/mol. The minimum atomic E-state index is 0.390. The fraction of sp³-hybridized carbons (Fsp3) is 0.571. The van der Waals surface area contributed by atoms with Crippen LogP contribution < -0.4 is 5.73 Å². The third-order valence-corrected chi connectivity index (χ3v) is 2.00. The van der Waals surface area contributed by atoms with Gasteiger partial charge in [-0.1, -0.05) is 5.16 Å². The first kappa shape index (κ1) is 6.67. The Hall–Kier alpha value is -1.03. The first-order valence-corrected chi connectivity index (χ1v) is 3.65. The zero-order valence-electron chi connectivity index (χ0n) is 6.12. The van der Waals surface area contributed by atoms with E-state index in [1.54, 1.807) is 6.26 Å². The number of hydrogen-bond acceptors (Lipinski definition) is 4. The van der Waals surface area contributed by atoms with Crippen LogP contribution in [0.4, 0.5) is 5.82 Å². The molecule has 4 heteroatoms. The van der Waals surface area contributed by atoms with Crippen LogP contribution in [0.5, 0.6) is 0 Å². The second-order valence-electron chi connectivity index (χ2n) is 2.72. The number of anilines is 1. The number of nitrogen functional groups attached to an aromatic ring is 1. The minimum Gasteiger partial charge on any atom is -0.381 e. The fourth-order valence-electron chi connectivity index (χ4n) is 1.34. The summed E-state index contributed by atoms with van der Waals surface area (Å²) in [5.41, 5.74) is 6.55. The van der Waals surface area contributed by atoms with Gasteiger partial charge in [-0.3, -0.25) is 0 Å². The Kier molecular flexibility index (Phi) is 1.54. The van der Waals surface area contributed by atoms with E-state index in [1.807, 2.05) is 0 Å². The van der Waals surface area contributed by atoms with Crippen molar-refractivity contribution in [3.8, 4) is 0 Å². The average Bonchev–Trinajstić information content (AvgIpc) is 2.55. The Morgan fingerprint density at radius 3 is 3.09 bits per heavy atom.